The summed E-state index contributed by atoms with van der Waals surface area (Å²) in [5, 5.41) is 0.0387. The molecule has 0 atom stereocenters. The molecule has 10 heteroatoms. The van der Waals surface area contributed by atoms with Crippen molar-refractivity contribution < 1.29 is 22.0 Å². The third kappa shape index (κ3) is 4.91. The predicted molar refractivity (Wildman–Crippen MR) is 87.0 cm³/mol. The van der Waals surface area contributed by atoms with E-state index in [1.165, 1.54) is 24.3 Å². The SMILES string of the molecule is O=C(CSc1ccccc1F)NNS(=O)(=O)c1ccc(Cl)cc1F. The summed E-state index contributed by atoms with van der Waals surface area (Å²) in [5.74, 6) is -2.49. The van der Waals surface area contributed by atoms with E-state index in [2.05, 4.69) is 0 Å². The Bertz CT molecular complexity index is 863. The molecule has 0 spiro atoms. The molecule has 1 amide bonds. The Morgan fingerprint density at radius 2 is 1.83 bits per heavy atom. The van der Waals surface area contributed by atoms with E-state index in [9.17, 15) is 22.0 Å². The van der Waals surface area contributed by atoms with Crippen LogP contribution in [0, 0.1) is 11.6 Å². The van der Waals surface area contributed by atoms with Crippen LogP contribution in [0.4, 0.5) is 8.78 Å². The van der Waals surface area contributed by atoms with Crippen LogP contribution in [0.5, 0.6) is 0 Å². The summed E-state index contributed by atoms with van der Waals surface area (Å²) in [6.07, 6.45) is 0. The second kappa shape index (κ2) is 7.93. The number of benzene rings is 2. The van der Waals surface area contributed by atoms with Gasteiger partial charge in [0.15, 0.2) is 0 Å². The maximum absolute atomic E-state index is 13.6. The van der Waals surface area contributed by atoms with Gasteiger partial charge in [-0.1, -0.05) is 23.7 Å². The first kappa shape index (κ1) is 18.7. The van der Waals surface area contributed by atoms with Gasteiger partial charge < -0.3 is 0 Å². The molecule has 5 nitrogen and oxygen atoms in total. The summed E-state index contributed by atoms with van der Waals surface area (Å²) in [6, 6.07) is 8.86. The fraction of sp³-hybridized carbons (Fsp3) is 0.0714. The molecule has 0 saturated heterocycles. The maximum Gasteiger partial charge on any atom is 0.260 e. The fourth-order valence-electron chi connectivity index (χ4n) is 1.61. The lowest BCUT2D eigenvalue weighted by Gasteiger charge is -2.09. The van der Waals surface area contributed by atoms with E-state index in [0.29, 0.717) is 0 Å². The molecular formula is C14H11ClF2N2O3S2. The number of carbonyl (C=O) groups is 1. The highest BCUT2D eigenvalue weighted by molar-refractivity contribution is 8.00. The summed E-state index contributed by atoms with van der Waals surface area (Å²) in [5.41, 5.74) is 1.93. The molecule has 0 aliphatic heterocycles. The van der Waals surface area contributed by atoms with Crippen LogP contribution in [0.3, 0.4) is 0 Å². The second-order valence-corrected chi connectivity index (χ2v) is 7.55. The van der Waals surface area contributed by atoms with Crippen molar-refractivity contribution in [2.45, 2.75) is 9.79 Å². The topological polar surface area (TPSA) is 75.3 Å². The van der Waals surface area contributed by atoms with E-state index in [4.69, 9.17) is 11.6 Å². The van der Waals surface area contributed by atoms with Crippen LogP contribution in [0.15, 0.2) is 52.3 Å². The van der Waals surface area contributed by atoms with Crippen LogP contribution < -0.4 is 10.3 Å². The van der Waals surface area contributed by atoms with Crippen molar-refractivity contribution in [3.63, 3.8) is 0 Å². The Kier molecular flexibility index (Phi) is 6.16. The van der Waals surface area contributed by atoms with E-state index >= 15 is 0 Å². The van der Waals surface area contributed by atoms with E-state index in [0.717, 1.165) is 23.9 Å². The standard InChI is InChI=1S/C14H11ClF2N2O3S2/c15-9-5-6-13(11(17)7-9)24(21,22)19-18-14(20)8-23-12-4-2-1-3-10(12)16/h1-7,19H,8H2,(H,18,20). The Hall–Kier alpha value is -1.68. The van der Waals surface area contributed by atoms with Gasteiger partial charge in [-0.2, -0.15) is 0 Å². The second-order valence-electron chi connectivity index (χ2n) is 4.45. The zero-order chi connectivity index (χ0) is 17.7. The quantitative estimate of drug-likeness (QED) is 0.585. The van der Waals surface area contributed by atoms with Crippen molar-refractivity contribution in [2.24, 2.45) is 0 Å². The Morgan fingerprint density at radius 3 is 2.50 bits per heavy atom. The molecule has 2 aromatic carbocycles. The van der Waals surface area contributed by atoms with Gasteiger partial charge in [-0.3, -0.25) is 10.2 Å². The van der Waals surface area contributed by atoms with Crippen molar-refractivity contribution in [3.8, 4) is 0 Å². The van der Waals surface area contributed by atoms with Crippen LogP contribution in [-0.2, 0) is 14.8 Å². The largest absolute Gasteiger partial charge is 0.277 e. The van der Waals surface area contributed by atoms with Gasteiger partial charge in [0.2, 0.25) is 5.91 Å². The van der Waals surface area contributed by atoms with Gasteiger partial charge in [0, 0.05) is 9.92 Å². The summed E-state index contributed by atoms with van der Waals surface area (Å²) >= 11 is 6.44. The lowest BCUT2D eigenvalue weighted by atomic mass is 10.3. The normalized spacial score (nSPS) is 11.3. The van der Waals surface area contributed by atoms with E-state index in [1.807, 2.05) is 5.43 Å². The number of nitrogens with one attached hydrogen (secondary N) is 2. The molecule has 0 aliphatic rings. The molecule has 2 N–H and O–H groups in total. The molecule has 24 heavy (non-hydrogen) atoms. The number of hydrogen-bond acceptors (Lipinski definition) is 4. The zero-order valence-corrected chi connectivity index (χ0v) is 14.3. The molecule has 0 aromatic heterocycles. The summed E-state index contributed by atoms with van der Waals surface area (Å²) in [7, 11) is -4.29. The van der Waals surface area contributed by atoms with Gasteiger partial charge in [-0.25, -0.2) is 17.2 Å². The van der Waals surface area contributed by atoms with Crippen LogP contribution in [-0.4, -0.2) is 20.1 Å². The molecule has 128 valence electrons. The highest BCUT2D eigenvalue weighted by Crippen LogP contribution is 2.21. The first-order valence-corrected chi connectivity index (χ1v) is 9.27. The number of amides is 1. The van der Waals surface area contributed by atoms with Crippen LogP contribution >= 0.6 is 23.4 Å². The summed E-state index contributed by atoms with van der Waals surface area (Å²) in [6.45, 7) is 0. The van der Waals surface area contributed by atoms with Gasteiger partial charge in [-0.15, -0.1) is 16.6 Å². The number of thioether (sulfide) groups is 1. The van der Waals surface area contributed by atoms with E-state index in [-0.39, 0.29) is 15.7 Å². The van der Waals surface area contributed by atoms with E-state index in [1.54, 1.807) is 10.9 Å². The average molecular weight is 393 g/mol. The molecule has 0 radical (unpaired) electrons. The van der Waals surface area contributed by atoms with Crippen LogP contribution in [0.2, 0.25) is 5.02 Å². The lowest BCUT2D eigenvalue weighted by molar-refractivity contribution is -0.119. The van der Waals surface area contributed by atoms with Gasteiger partial charge in [0.1, 0.15) is 16.5 Å². The smallest absolute Gasteiger partial charge is 0.260 e. The molecule has 0 bridgehead atoms. The Labute approximate surface area is 146 Å². The first-order valence-electron chi connectivity index (χ1n) is 6.42. The van der Waals surface area contributed by atoms with Crippen molar-refractivity contribution in [2.75, 3.05) is 5.75 Å². The number of sulfonamides is 1. The minimum Gasteiger partial charge on any atom is -0.277 e. The van der Waals surface area contributed by atoms with Crippen molar-refractivity contribution in [1.82, 2.24) is 10.3 Å². The van der Waals surface area contributed by atoms with Crippen molar-refractivity contribution in [1.29, 1.82) is 0 Å². The van der Waals surface area contributed by atoms with Gasteiger partial charge >= 0.3 is 0 Å². The van der Waals surface area contributed by atoms with Gasteiger partial charge in [-0.05, 0) is 30.3 Å². The highest BCUT2D eigenvalue weighted by atomic mass is 35.5. The number of hydrazine groups is 1. The molecule has 0 aliphatic carbocycles. The molecule has 0 unspecified atom stereocenters. The number of rotatable bonds is 6. The molecule has 2 rings (SSSR count). The third-order valence-corrected chi connectivity index (χ3v) is 5.27. The van der Waals surface area contributed by atoms with Gasteiger partial charge in [0.05, 0.1) is 5.75 Å². The van der Waals surface area contributed by atoms with Crippen molar-refractivity contribution in [3.05, 3.63) is 59.1 Å². The maximum atomic E-state index is 13.6. The molecule has 0 fully saturated rings. The van der Waals surface area contributed by atoms with Gasteiger partial charge in [0.25, 0.3) is 10.0 Å². The Balaban J connectivity index is 1.94. The zero-order valence-electron chi connectivity index (χ0n) is 11.9. The highest BCUT2D eigenvalue weighted by Gasteiger charge is 2.20. The summed E-state index contributed by atoms with van der Waals surface area (Å²) in [4.78, 5) is 13.0. The lowest BCUT2D eigenvalue weighted by Crippen LogP contribution is -2.42. The van der Waals surface area contributed by atoms with Crippen LogP contribution in [0.1, 0.15) is 0 Å². The van der Waals surface area contributed by atoms with Crippen LogP contribution in [0.25, 0.3) is 0 Å². The monoisotopic (exact) mass is 392 g/mol. The predicted octanol–water partition coefficient (Wildman–Crippen LogP) is 2.72. The molecular weight excluding hydrogens is 382 g/mol. The first-order chi connectivity index (χ1) is 11.3. The molecule has 0 saturated carbocycles. The Morgan fingerprint density at radius 1 is 1.12 bits per heavy atom. The number of halogens is 3. The van der Waals surface area contributed by atoms with Crippen molar-refractivity contribution >= 4 is 39.3 Å². The number of hydrogen-bond donors (Lipinski definition) is 2. The fourth-order valence-corrected chi connectivity index (χ4v) is 3.43. The average Bonchev–Trinajstić information content (AvgIpc) is 2.52. The van der Waals surface area contributed by atoms with E-state index < -0.39 is 32.5 Å². The minimum absolute atomic E-state index is 0.0387. The molecule has 0 heterocycles. The minimum atomic E-state index is -4.29. The number of carbonyl (C=O) groups excluding carboxylic acids is 1. The summed E-state index contributed by atoms with van der Waals surface area (Å²) < 4.78 is 50.9. The molecule has 2 aromatic rings. The third-order valence-electron chi connectivity index (χ3n) is 2.70.